The first-order valence-corrected chi connectivity index (χ1v) is 10.6. The Hall–Kier alpha value is -2.60. The number of rotatable bonds is 5. The summed E-state index contributed by atoms with van der Waals surface area (Å²) in [5.74, 6) is 2.31. The lowest BCUT2D eigenvalue weighted by molar-refractivity contribution is 0.0734. The van der Waals surface area contributed by atoms with Crippen molar-refractivity contribution >= 4 is 17.5 Å². The number of hydrogen-bond acceptors (Lipinski definition) is 5. The smallest absolute Gasteiger partial charge is 0.254 e. The molecule has 160 valence electrons. The number of halogens is 1. The van der Waals surface area contributed by atoms with Crippen LogP contribution >= 0.6 is 11.6 Å². The molecule has 2 aromatic rings. The second-order valence-electron chi connectivity index (χ2n) is 7.72. The average Bonchev–Trinajstić information content (AvgIpc) is 3.23. The highest BCUT2D eigenvalue weighted by Gasteiger charge is 2.32. The zero-order valence-corrected chi connectivity index (χ0v) is 18.2. The summed E-state index contributed by atoms with van der Waals surface area (Å²) in [6.07, 6.45) is 1.77. The second-order valence-corrected chi connectivity index (χ2v) is 8.12. The van der Waals surface area contributed by atoms with Gasteiger partial charge in [-0.25, -0.2) is 0 Å². The molecular formula is C23H26ClNO5. The van der Waals surface area contributed by atoms with Crippen molar-refractivity contribution in [3.8, 4) is 23.0 Å². The molecule has 6 nitrogen and oxygen atoms in total. The van der Waals surface area contributed by atoms with Gasteiger partial charge >= 0.3 is 0 Å². The summed E-state index contributed by atoms with van der Waals surface area (Å²) < 4.78 is 22.5. The van der Waals surface area contributed by atoms with Crippen molar-refractivity contribution in [3.63, 3.8) is 0 Å². The van der Waals surface area contributed by atoms with E-state index in [0.717, 1.165) is 29.9 Å². The summed E-state index contributed by atoms with van der Waals surface area (Å²) in [6, 6.07) is 9.25. The first-order chi connectivity index (χ1) is 14.5. The fourth-order valence-corrected chi connectivity index (χ4v) is 4.24. The molecule has 4 rings (SSSR count). The van der Waals surface area contributed by atoms with Gasteiger partial charge in [-0.05, 0) is 56.5 Å². The van der Waals surface area contributed by atoms with Crippen LogP contribution in [0.2, 0.25) is 5.02 Å². The fourth-order valence-electron chi connectivity index (χ4n) is 3.98. The Balaban J connectivity index is 1.62. The zero-order valence-electron chi connectivity index (χ0n) is 17.4. The van der Waals surface area contributed by atoms with Crippen molar-refractivity contribution in [2.75, 3.05) is 26.9 Å². The molecule has 0 aromatic heterocycles. The number of carbonyl (C=O) groups excluding carboxylic acids is 1. The van der Waals surface area contributed by atoms with Gasteiger partial charge in [0.25, 0.3) is 5.91 Å². The number of benzene rings is 2. The molecule has 0 unspecified atom stereocenters. The Morgan fingerprint density at radius 3 is 2.67 bits per heavy atom. The van der Waals surface area contributed by atoms with E-state index in [1.54, 1.807) is 19.2 Å². The molecule has 1 fully saturated rings. The third-order valence-corrected chi connectivity index (χ3v) is 5.58. The standard InChI is InChI=1S/C23H26ClNO5/c1-14(2)30-22-17(24)11-16(13-21(22)27-3)23(26)25-8-4-5-18(25)15-6-7-19-20(12-15)29-10-9-28-19/h6-7,11-14,18H,4-5,8-10H2,1-3H3/t18-/m1/s1. The minimum atomic E-state index is -0.0799. The van der Waals surface area contributed by atoms with Crippen molar-refractivity contribution in [1.29, 1.82) is 0 Å². The summed E-state index contributed by atoms with van der Waals surface area (Å²) in [5.41, 5.74) is 1.53. The molecule has 1 atom stereocenters. The molecule has 1 saturated heterocycles. The monoisotopic (exact) mass is 431 g/mol. The molecule has 30 heavy (non-hydrogen) atoms. The van der Waals surface area contributed by atoms with Crippen molar-refractivity contribution < 1.29 is 23.7 Å². The number of methoxy groups -OCH3 is 1. The van der Waals surface area contributed by atoms with Gasteiger partial charge in [-0.3, -0.25) is 4.79 Å². The maximum Gasteiger partial charge on any atom is 0.254 e. The van der Waals surface area contributed by atoms with E-state index < -0.39 is 0 Å². The molecule has 2 aliphatic heterocycles. The largest absolute Gasteiger partial charge is 0.493 e. The number of carbonyl (C=O) groups is 1. The number of hydrogen-bond donors (Lipinski definition) is 0. The normalized spacial score (nSPS) is 17.9. The van der Waals surface area contributed by atoms with Crippen molar-refractivity contribution in [1.82, 2.24) is 4.90 Å². The molecule has 0 saturated carbocycles. The van der Waals surface area contributed by atoms with Crippen LogP contribution in [0, 0.1) is 0 Å². The van der Waals surface area contributed by atoms with Crippen molar-refractivity contribution in [2.45, 2.75) is 38.8 Å². The van der Waals surface area contributed by atoms with Gasteiger partial charge in [0, 0.05) is 12.1 Å². The molecule has 2 heterocycles. The Morgan fingerprint density at radius 2 is 1.93 bits per heavy atom. The van der Waals surface area contributed by atoms with Crippen LogP contribution in [-0.2, 0) is 0 Å². The van der Waals surface area contributed by atoms with E-state index in [0.29, 0.717) is 41.8 Å². The lowest BCUT2D eigenvalue weighted by Gasteiger charge is -2.27. The van der Waals surface area contributed by atoms with Crippen LogP contribution in [0.3, 0.4) is 0 Å². The third kappa shape index (κ3) is 4.01. The van der Waals surface area contributed by atoms with Crippen LogP contribution in [0.15, 0.2) is 30.3 Å². The molecule has 0 radical (unpaired) electrons. The lowest BCUT2D eigenvalue weighted by atomic mass is 10.0. The highest BCUT2D eigenvalue weighted by Crippen LogP contribution is 2.41. The lowest BCUT2D eigenvalue weighted by Crippen LogP contribution is -2.30. The molecule has 1 amide bonds. The van der Waals surface area contributed by atoms with E-state index in [1.807, 2.05) is 36.9 Å². The van der Waals surface area contributed by atoms with Gasteiger partial charge in [0.05, 0.1) is 24.3 Å². The number of likely N-dealkylation sites (tertiary alicyclic amines) is 1. The van der Waals surface area contributed by atoms with Crippen molar-refractivity contribution in [3.05, 3.63) is 46.5 Å². The molecule has 0 spiro atoms. The molecule has 2 aromatic carbocycles. The Bertz CT molecular complexity index is 945. The first-order valence-electron chi connectivity index (χ1n) is 10.2. The van der Waals surface area contributed by atoms with Crippen LogP contribution < -0.4 is 18.9 Å². The second kappa shape index (κ2) is 8.64. The van der Waals surface area contributed by atoms with Crippen molar-refractivity contribution in [2.24, 2.45) is 0 Å². The van der Waals surface area contributed by atoms with E-state index in [9.17, 15) is 4.79 Å². The number of amides is 1. The quantitative estimate of drug-likeness (QED) is 0.675. The van der Waals surface area contributed by atoms with E-state index in [-0.39, 0.29) is 18.1 Å². The Kier molecular flexibility index (Phi) is 5.95. The highest BCUT2D eigenvalue weighted by molar-refractivity contribution is 6.32. The first kappa shape index (κ1) is 20.7. The number of nitrogens with zero attached hydrogens (tertiary/aromatic N) is 1. The number of fused-ring (bicyclic) bond motifs is 1. The fraction of sp³-hybridized carbons (Fsp3) is 0.435. The van der Waals surface area contributed by atoms with Crippen LogP contribution in [-0.4, -0.2) is 43.8 Å². The summed E-state index contributed by atoms with van der Waals surface area (Å²) in [6.45, 7) is 5.60. The van der Waals surface area contributed by atoms with Gasteiger partial charge in [-0.2, -0.15) is 0 Å². The van der Waals surface area contributed by atoms with Gasteiger partial charge in [0.15, 0.2) is 23.0 Å². The van der Waals surface area contributed by atoms with E-state index in [1.165, 1.54) is 0 Å². The van der Waals surface area contributed by atoms with Gasteiger partial charge in [0.2, 0.25) is 0 Å². The van der Waals surface area contributed by atoms with Gasteiger partial charge in [-0.1, -0.05) is 17.7 Å². The number of ether oxygens (including phenoxy) is 4. The van der Waals surface area contributed by atoms with Crippen LogP contribution in [0.1, 0.15) is 48.7 Å². The Labute approximate surface area is 181 Å². The molecule has 2 aliphatic rings. The predicted octanol–water partition coefficient (Wildman–Crippen LogP) is 4.88. The molecular weight excluding hydrogens is 406 g/mol. The third-order valence-electron chi connectivity index (χ3n) is 5.29. The van der Waals surface area contributed by atoms with E-state index >= 15 is 0 Å². The van der Waals surface area contributed by atoms with Gasteiger partial charge in [-0.15, -0.1) is 0 Å². The Morgan fingerprint density at radius 1 is 1.17 bits per heavy atom. The van der Waals surface area contributed by atoms with Crippen LogP contribution in [0.4, 0.5) is 0 Å². The summed E-state index contributed by atoms with van der Waals surface area (Å²) in [5, 5.41) is 0.362. The summed E-state index contributed by atoms with van der Waals surface area (Å²) >= 11 is 6.43. The average molecular weight is 432 g/mol. The molecule has 7 heteroatoms. The van der Waals surface area contributed by atoms with Gasteiger partial charge in [0.1, 0.15) is 13.2 Å². The topological polar surface area (TPSA) is 57.2 Å². The maximum atomic E-state index is 13.4. The summed E-state index contributed by atoms with van der Waals surface area (Å²) in [7, 11) is 1.54. The molecule has 0 N–H and O–H groups in total. The highest BCUT2D eigenvalue weighted by atomic mass is 35.5. The summed E-state index contributed by atoms with van der Waals surface area (Å²) in [4.78, 5) is 15.3. The van der Waals surface area contributed by atoms with E-state index in [4.69, 9.17) is 30.5 Å². The minimum absolute atomic E-state index is 0.0234. The zero-order chi connectivity index (χ0) is 21.3. The minimum Gasteiger partial charge on any atom is -0.493 e. The van der Waals surface area contributed by atoms with Crippen LogP contribution in [0.25, 0.3) is 0 Å². The maximum absolute atomic E-state index is 13.4. The molecule has 0 aliphatic carbocycles. The molecule has 0 bridgehead atoms. The van der Waals surface area contributed by atoms with Crippen LogP contribution in [0.5, 0.6) is 23.0 Å². The van der Waals surface area contributed by atoms with Gasteiger partial charge < -0.3 is 23.8 Å². The SMILES string of the molecule is COc1cc(C(=O)N2CCC[C@@H]2c2ccc3c(c2)OCCO3)cc(Cl)c1OC(C)C. The van der Waals surface area contributed by atoms with E-state index in [2.05, 4.69) is 0 Å². The predicted molar refractivity (Wildman–Crippen MR) is 114 cm³/mol.